The van der Waals surface area contributed by atoms with Crippen LogP contribution in [0.5, 0.6) is 5.75 Å². The minimum atomic E-state index is 0.392. The van der Waals surface area contributed by atoms with Crippen LogP contribution in [0.1, 0.15) is 24.8 Å². The summed E-state index contributed by atoms with van der Waals surface area (Å²) in [5.74, 6) is 0.924. The Kier molecular flexibility index (Phi) is 3.76. The van der Waals surface area contributed by atoms with Crippen LogP contribution < -0.4 is 10.1 Å². The lowest BCUT2D eigenvalue weighted by Gasteiger charge is -2.38. The molecule has 0 aliphatic carbocycles. The van der Waals surface area contributed by atoms with Crippen molar-refractivity contribution in [3.8, 4) is 5.75 Å². The van der Waals surface area contributed by atoms with Crippen molar-refractivity contribution in [3.63, 3.8) is 0 Å². The predicted octanol–water partition coefficient (Wildman–Crippen LogP) is 2.40. The van der Waals surface area contributed by atoms with E-state index >= 15 is 0 Å². The van der Waals surface area contributed by atoms with Crippen molar-refractivity contribution < 1.29 is 9.47 Å². The summed E-state index contributed by atoms with van der Waals surface area (Å²) in [6.45, 7) is 3.21. The molecule has 2 heterocycles. The van der Waals surface area contributed by atoms with Gasteiger partial charge in [-0.1, -0.05) is 12.1 Å². The maximum absolute atomic E-state index is 6.05. The molecule has 19 heavy (non-hydrogen) atoms. The van der Waals surface area contributed by atoms with Gasteiger partial charge in [0.2, 0.25) is 0 Å². The lowest BCUT2D eigenvalue weighted by atomic mass is 9.72. The topological polar surface area (TPSA) is 30.5 Å². The average molecular weight is 261 g/mol. The minimum Gasteiger partial charge on any atom is -0.497 e. The number of ether oxygens (including phenoxy) is 2. The highest BCUT2D eigenvalue weighted by molar-refractivity contribution is 5.28. The highest BCUT2D eigenvalue weighted by Gasteiger charge is 2.44. The number of benzene rings is 1. The highest BCUT2D eigenvalue weighted by Crippen LogP contribution is 2.43. The van der Waals surface area contributed by atoms with Crippen LogP contribution in [0.4, 0.5) is 0 Å². The van der Waals surface area contributed by atoms with Gasteiger partial charge >= 0.3 is 0 Å². The van der Waals surface area contributed by atoms with E-state index in [-0.39, 0.29) is 0 Å². The summed E-state index contributed by atoms with van der Waals surface area (Å²) in [7, 11) is 1.71. The fourth-order valence-electron chi connectivity index (χ4n) is 3.49. The molecule has 1 N–H and O–H groups in total. The van der Waals surface area contributed by atoms with Crippen LogP contribution in [0.2, 0.25) is 0 Å². The second-order valence-electron chi connectivity index (χ2n) is 5.77. The lowest BCUT2D eigenvalue weighted by Crippen LogP contribution is -2.42. The molecule has 3 rings (SSSR count). The third-order valence-corrected chi connectivity index (χ3v) is 4.78. The first-order valence-electron chi connectivity index (χ1n) is 7.28. The Morgan fingerprint density at radius 2 is 1.95 bits per heavy atom. The Hall–Kier alpha value is -1.06. The lowest BCUT2D eigenvalue weighted by molar-refractivity contribution is 0.0323. The van der Waals surface area contributed by atoms with Crippen LogP contribution in [0.15, 0.2) is 24.3 Å². The first kappa shape index (κ1) is 12.9. The monoisotopic (exact) mass is 261 g/mol. The molecule has 0 bridgehead atoms. The fourth-order valence-corrected chi connectivity index (χ4v) is 3.49. The van der Waals surface area contributed by atoms with Gasteiger partial charge in [-0.2, -0.15) is 0 Å². The standard InChI is InChI=1S/C16H23NO2/c1-18-14-4-2-13(3-5-14)12-15-16(8-11-19-15)6-9-17-10-7-16/h2-5,15,17H,6-12H2,1H3. The largest absolute Gasteiger partial charge is 0.497 e. The first-order valence-corrected chi connectivity index (χ1v) is 7.28. The molecule has 3 heteroatoms. The molecule has 1 spiro atoms. The van der Waals surface area contributed by atoms with Crippen LogP contribution >= 0.6 is 0 Å². The van der Waals surface area contributed by atoms with Crippen molar-refractivity contribution in [2.24, 2.45) is 5.41 Å². The van der Waals surface area contributed by atoms with Gasteiger partial charge in [0.1, 0.15) is 5.75 Å². The normalized spacial score (nSPS) is 25.6. The van der Waals surface area contributed by atoms with Crippen molar-refractivity contribution in [1.82, 2.24) is 5.32 Å². The maximum atomic E-state index is 6.05. The van der Waals surface area contributed by atoms with E-state index in [0.29, 0.717) is 11.5 Å². The Labute approximate surface area is 115 Å². The second-order valence-corrected chi connectivity index (χ2v) is 5.77. The summed E-state index contributed by atoms with van der Waals surface area (Å²) in [5, 5.41) is 3.46. The third-order valence-electron chi connectivity index (χ3n) is 4.78. The predicted molar refractivity (Wildman–Crippen MR) is 75.6 cm³/mol. The van der Waals surface area contributed by atoms with Crippen molar-refractivity contribution in [2.75, 3.05) is 26.8 Å². The molecule has 104 valence electrons. The maximum Gasteiger partial charge on any atom is 0.118 e. The van der Waals surface area contributed by atoms with Crippen LogP contribution in [0, 0.1) is 5.41 Å². The van der Waals surface area contributed by atoms with E-state index in [1.54, 1.807) is 7.11 Å². The van der Waals surface area contributed by atoms with E-state index in [9.17, 15) is 0 Å². The molecule has 0 radical (unpaired) electrons. The van der Waals surface area contributed by atoms with Gasteiger partial charge in [0, 0.05) is 12.0 Å². The van der Waals surface area contributed by atoms with Crippen LogP contribution in [-0.4, -0.2) is 32.9 Å². The average Bonchev–Trinajstić information content (AvgIpc) is 2.83. The smallest absolute Gasteiger partial charge is 0.118 e. The summed E-state index contributed by atoms with van der Waals surface area (Å²) in [6, 6.07) is 8.41. The van der Waals surface area contributed by atoms with Crippen molar-refractivity contribution in [1.29, 1.82) is 0 Å². The molecule has 2 aliphatic heterocycles. The summed E-state index contributed by atoms with van der Waals surface area (Å²) in [4.78, 5) is 0. The molecule has 0 amide bonds. The second kappa shape index (κ2) is 5.51. The van der Waals surface area contributed by atoms with E-state index in [4.69, 9.17) is 9.47 Å². The first-order chi connectivity index (χ1) is 9.32. The molecule has 2 saturated heterocycles. The fraction of sp³-hybridized carbons (Fsp3) is 0.625. The van der Waals surface area contributed by atoms with Gasteiger partial charge in [-0.05, 0) is 56.5 Å². The van der Waals surface area contributed by atoms with Crippen LogP contribution in [0.25, 0.3) is 0 Å². The number of hydrogen-bond acceptors (Lipinski definition) is 3. The van der Waals surface area contributed by atoms with Gasteiger partial charge in [-0.3, -0.25) is 0 Å². The van der Waals surface area contributed by atoms with E-state index in [1.807, 2.05) is 12.1 Å². The van der Waals surface area contributed by atoms with Gasteiger partial charge in [0.05, 0.1) is 13.2 Å². The number of hydrogen-bond donors (Lipinski definition) is 1. The zero-order chi connectivity index (χ0) is 13.1. The zero-order valence-electron chi connectivity index (χ0n) is 11.7. The van der Waals surface area contributed by atoms with E-state index in [0.717, 1.165) is 31.9 Å². The highest BCUT2D eigenvalue weighted by atomic mass is 16.5. The van der Waals surface area contributed by atoms with Gasteiger partial charge in [-0.25, -0.2) is 0 Å². The minimum absolute atomic E-state index is 0.392. The molecule has 1 unspecified atom stereocenters. The molecule has 2 fully saturated rings. The quantitative estimate of drug-likeness (QED) is 0.906. The van der Waals surface area contributed by atoms with Gasteiger partial charge < -0.3 is 14.8 Å². The van der Waals surface area contributed by atoms with Crippen LogP contribution in [-0.2, 0) is 11.2 Å². The SMILES string of the molecule is COc1ccc(CC2OCCC23CCNCC3)cc1. The molecule has 3 nitrogen and oxygen atoms in total. The molecular formula is C16H23NO2. The summed E-state index contributed by atoms with van der Waals surface area (Å²) in [6.07, 6.45) is 5.17. The third kappa shape index (κ3) is 2.63. The Bertz CT molecular complexity index is 409. The van der Waals surface area contributed by atoms with Gasteiger partial charge in [0.15, 0.2) is 0 Å². The molecule has 1 atom stereocenters. The Morgan fingerprint density at radius 3 is 2.63 bits per heavy atom. The number of methoxy groups -OCH3 is 1. The molecular weight excluding hydrogens is 238 g/mol. The van der Waals surface area contributed by atoms with Crippen molar-refractivity contribution in [3.05, 3.63) is 29.8 Å². The molecule has 0 aromatic heterocycles. The number of rotatable bonds is 3. The van der Waals surface area contributed by atoms with Crippen LogP contribution in [0.3, 0.4) is 0 Å². The molecule has 2 aliphatic rings. The number of piperidine rings is 1. The summed E-state index contributed by atoms with van der Waals surface area (Å²) >= 11 is 0. The molecule has 1 aromatic carbocycles. The number of nitrogens with one attached hydrogen (secondary N) is 1. The van der Waals surface area contributed by atoms with Gasteiger partial charge in [0.25, 0.3) is 0 Å². The van der Waals surface area contributed by atoms with E-state index < -0.39 is 0 Å². The Morgan fingerprint density at radius 1 is 1.21 bits per heavy atom. The van der Waals surface area contributed by atoms with Gasteiger partial charge in [-0.15, -0.1) is 0 Å². The zero-order valence-corrected chi connectivity index (χ0v) is 11.7. The van der Waals surface area contributed by atoms with E-state index in [2.05, 4.69) is 17.4 Å². The summed E-state index contributed by atoms with van der Waals surface area (Å²) < 4.78 is 11.3. The Balaban J connectivity index is 1.70. The van der Waals surface area contributed by atoms with Crippen molar-refractivity contribution >= 4 is 0 Å². The molecule has 1 aromatic rings. The van der Waals surface area contributed by atoms with E-state index in [1.165, 1.54) is 24.8 Å². The van der Waals surface area contributed by atoms with Crippen molar-refractivity contribution in [2.45, 2.75) is 31.8 Å². The molecule has 0 saturated carbocycles. The summed E-state index contributed by atoms with van der Waals surface area (Å²) in [5.41, 5.74) is 1.77.